The molecule has 1 aromatic heterocycles. The number of nitrogens with zero attached hydrogens (tertiary/aromatic N) is 1. The van der Waals surface area contributed by atoms with Gasteiger partial charge in [0.2, 0.25) is 0 Å². The fourth-order valence-electron chi connectivity index (χ4n) is 2.02. The summed E-state index contributed by atoms with van der Waals surface area (Å²) in [5, 5.41) is 0. The molecule has 0 aliphatic rings. The third-order valence-corrected chi connectivity index (χ3v) is 2.98. The Morgan fingerprint density at radius 3 is 2.85 bits per heavy atom. The van der Waals surface area contributed by atoms with Crippen LogP contribution in [0.5, 0.6) is 0 Å². The highest BCUT2D eigenvalue weighted by molar-refractivity contribution is 5.79. The molecule has 0 aliphatic heterocycles. The maximum Gasteiger partial charge on any atom is 0.313 e. The molecule has 0 saturated carbocycles. The Morgan fingerprint density at radius 2 is 2.15 bits per heavy atom. The first kappa shape index (κ1) is 14.2. The van der Waals surface area contributed by atoms with Crippen LogP contribution < -0.4 is 0 Å². The first-order valence-corrected chi connectivity index (χ1v) is 6.71. The molecule has 0 radical (unpaired) electrons. The van der Waals surface area contributed by atoms with Gasteiger partial charge in [0.15, 0.2) is 0 Å². The van der Waals surface area contributed by atoms with Crippen LogP contribution in [0.1, 0.15) is 31.7 Å². The van der Waals surface area contributed by atoms with Gasteiger partial charge in [-0.15, -0.1) is 0 Å². The topological polar surface area (TPSA) is 72.0 Å². The first-order valence-electron chi connectivity index (χ1n) is 6.71. The Labute approximate surface area is 117 Å². The zero-order valence-corrected chi connectivity index (χ0v) is 11.7. The van der Waals surface area contributed by atoms with E-state index >= 15 is 0 Å². The minimum absolute atomic E-state index is 0.144. The molecule has 1 aromatic carbocycles. The Kier molecular flexibility index (Phi) is 4.50. The lowest BCUT2D eigenvalue weighted by atomic mass is 10.1. The standard InChI is InChI=1S/C15H18N2O3/c1-3-20-15(19)9-14-16-12-7-6-11(5-4-10(2)18)8-13(12)17-14/h6-8H,3-5,9H2,1-2H3,(H,16,17). The number of aromatic nitrogens is 2. The molecule has 0 amide bonds. The molecule has 0 saturated heterocycles. The van der Waals surface area contributed by atoms with Crippen LogP contribution >= 0.6 is 0 Å². The number of fused-ring (bicyclic) bond motifs is 1. The highest BCUT2D eigenvalue weighted by Gasteiger charge is 2.09. The van der Waals surface area contributed by atoms with Crippen LogP contribution in [0, 0.1) is 0 Å². The predicted molar refractivity (Wildman–Crippen MR) is 75.4 cm³/mol. The van der Waals surface area contributed by atoms with E-state index in [1.54, 1.807) is 13.8 Å². The van der Waals surface area contributed by atoms with Crippen LogP contribution in [-0.2, 0) is 27.2 Å². The Balaban J connectivity index is 2.13. The molecule has 0 bridgehead atoms. The number of Topliss-reactive ketones (excluding diaryl/α,β-unsaturated/α-hetero) is 1. The second-order valence-corrected chi connectivity index (χ2v) is 4.72. The van der Waals surface area contributed by atoms with Crippen LogP contribution in [0.15, 0.2) is 18.2 Å². The van der Waals surface area contributed by atoms with E-state index in [2.05, 4.69) is 9.97 Å². The number of hydrogen-bond acceptors (Lipinski definition) is 4. The maximum atomic E-state index is 11.4. The van der Waals surface area contributed by atoms with Gasteiger partial charge in [0.1, 0.15) is 18.0 Å². The summed E-state index contributed by atoms with van der Waals surface area (Å²) < 4.78 is 4.89. The van der Waals surface area contributed by atoms with Gasteiger partial charge in [-0.1, -0.05) is 6.07 Å². The van der Waals surface area contributed by atoms with Crippen molar-refractivity contribution in [3.63, 3.8) is 0 Å². The Hall–Kier alpha value is -2.17. The van der Waals surface area contributed by atoms with E-state index in [0.29, 0.717) is 18.9 Å². The number of carbonyl (C=O) groups is 2. The number of ketones is 1. The van der Waals surface area contributed by atoms with Gasteiger partial charge in [0.05, 0.1) is 17.6 Å². The molecule has 0 aliphatic carbocycles. The molecule has 2 rings (SSSR count). The van der Waals surface area contributed by atoms with E-state index in [1.165, 1.54) is 0 Å². The minimum atomic E-state index is -0.289. The Bertz CT molecular complexity index is 631. The van der Waals surface area contributed by atoms with E-state index in [-0.39, 0.29) is 18.2 Å². The van der Waals surface area contributed by atoms with Crippen molar-refractivity contribution in [3.8, 4) is 0 Å². The largest absolute Gasteiger partial charge is 0.466 e. The quantitative estimate of drug-likeness (QED) is 0.820. The van der Waals surface area contributed by atoms with E-state index in [9.17, 15) is 9.59 Å². The van der Waals surface area contributed by atoms with Crippen molar-refractivity contribution in [3.05, 3.63) is 29.6 Å². The number of hydrogen-bond donors (Lipinski definition) is 1. The molecule has 0 atom stereocenters. The summed E-state index contributed by atoms with van der Waals surface area (Å²) in [6.07, 6.45) is 1.40. The van der Waals surface area contributed by atoms with Crippen molar-refractivity contribution in [2.75, 3.05) is 6.61 Å². The summed E-state index contributed by atoms with van der Waals surface area (Å²) in [6.45, 7) is 3.73. The van der Waals surface area contributed by atoms with Crippen molar-refractivity contribution in [2.45, 2.75) is 33.1 Å². The van der Waals surface area contributed by atoms with Crippen molar-refractivity contribution >= 4 is 22.8 Å². The molecule has 1 heterocycles. The molecule has 0 fully saturated rings. The van der Waals surface area contributed by atoms with Crippen molar-refractivity contribution in [2.24, 2.45) is 0 Å². The smallest absolute Gasteiger partial charge is 0.313 e. The number of nitrogens with one attached hydrogen (secondary N) is 1. The predicted octanol–water partition coefficient (Wildman–Crippen LogP) is 2.19. The molecule has 5 heteroatoms. The number of carbonyl (C=O) groups excluding carboxylic acids is 2. The fourth-order valence-corrected chi connectivity index (χ4v) is 2.02. The van der Waals surface area contributed by atoms with Crippen LogP contribution in [0.2, 0.25) is 0 Å². The lowest BCUT2D eigenvalue weighted by molar-refractivity contribution is -0.142. The van der Waals surface area contributed by atoms with Gasteiger partial charge in [0, 0.05) is 6.42 Å². The van der Waals surface area contributed by atoms with Crippen LogP contribution in [0.25, 0.3) is 11.0 Å². The first-order chi connectivity index (χ1) is 9.58. The summed E-state index contributed by atoms with van der Waals surface area (Å²) in [5.74, 6) is 0.489. The molecule has 20 heavy (non-hydrogen) atoms. The van der Waals surface area contributed by atoms with Gasteiger partial charge in [0.25, 0.3) is 0 Å². The fraction of sp³-hybridized carbons (Fsp3) is 0.400. The number of esters is 1. The summed E-state index contributed by atoms with van der Waals surface area (Å²) in [6, 6.07) is 5.83. The normalized spacial score (nSPS) is 10.7. The molecule has 0 spiro atoms. The number of H-pyrrole nitrogens is 1. The van der Waals surface area contributed by atoms with Crippen molar-refractivity contribution in [1.82, 2.24) is 9.97 Å². The molecule has 5 nitrogen and oxygen atoms in total. The van der Waals surface area contributed by atoms with Crippen LogP contribution in [0.3, 0.4) is 0 Å². The molecule has 106 valence electrons. The van der Waals surface area contributed by atoms with Crippen molar-refractivity contribution < 1.29 is 14.3 Å². The van der Waals surface area contributed by atoms with Crippen LogP contribution in [-0.4, -0.2) is 28.3 Å². The zero-order valence-electron chi connectivity index (χ0n) is 11.7. The second kappa shape index (κ2) is 6.32. The average molecular weight is 274 g/mol. The number of rotatable bonds is 6. The average Bonchev–Trinajstić information content (AvgIpc) is 2.77. The number of aromatic amines is 1. The number of aryl methyl sites for hydroxylation is 1. The van der Waals surface area contributed by atoms with E-state index in [1.807, 2.05) is 18.2 Å². The minimum Gasteiger partial charge on any atom is -0.466 e. The van der Waals surface area contributed by atoms with E-state index in [4.69, 9.17) is 4.74 Å². The lowest BCUT2D eigenvalue weighted by Crippen LogP contribution is -2.08. The van der Waals surface area contributed by atoms with Crippen LogP contribution in [0.4, 0.5) is 0 Å². The Morgan fingerprint density at radius 1 is 1.35 bits per heavy atom. The van der Waals surface area contributed by atoms with Gasteiger partial charge < -0.3 is 14.5 Å². The van der Waals surface area contributed by atoms with Gasteiger partial charge in [-0.05, 0) is 38.0 Å². The molecule has 0 unspecified atom stereocenters. The number of imidazole rings is 1. The summed E-state index contributed by atoms with van der Waals surface area (Å²) >= 11 is 0. The van der Waals surface area contributed by atoms with Gasteiger partial charge >= 0.3 is 5.97 Å². The van der Waals surface area contributed by atoms with Gasteiger partial charge in [-0.3, -0.25) is 4.79 Å². The number of ether oxygens (including phenoxy) is 1. The third kappa shape index (κ3) is 3.66. The molecule has 1 N–H and O–H groups in total. The maximum absolute atomic E-state index is 11.4. The second-order valence-electron chi connectivity index (χ2n) is 4.72. The molecular weight excluding hydrogens is 256 g/mol. The highest BCUT2D eigenvalue weighted by Crippen LogP contribution is 2.15. The van der Waals surface area contributed by atoms with Gasteiger partial charge in [-0.2, -0.15) is 0 Å². The summed E-state index contributed by atoms with van der Waals surface area (Å²) in [7, 11) is 0. The summed E-state index contributed by atoms with van der Waals surface area (Å²) in [5.41, 5.74) is 2.78. The third-order valence-electron chi connectivity index (χ3n) is 2.98. The van der Waals surface area contributed by atoms with Crippen molar-refractivity contribution in [1.29, 1.82) is 0 Å². The summed E-state index contributed by atoms with van der Waals surface area (Å²) in [4.78, 5) is 29.9. The van der Waals surface area contributed by atoms with Gasteiger partial charge in [-0.25, -0.2) is 4.98 Å². The van der Waals surface area contributed by atoms with E-state index in [0.717, 1.165) is 23.0 Å². The number of benzene rings is 1. The lowest BCUT2D eigenvalue weighted by Gasteiger charge is -1.98. The zero-order chi connectivity index (χ0) is 14.5. The molecular formula is C15H18N2O3. The van der Waals surface area contributed by atoms with E-state index < -0.39 is 0 Å². The molecule has 2 aromatic rings. The highest BCUT2D eigenvalue weighted by atomic mass is 16.5. The monoisotopic (exact) mass is 274 g/mol. The SMILES string of the molecule is CCOC(=O)Cc1nc2ccc(CCC(C)=O)cc2[nH]1.